The Labute approximate surface area is 122 Å². The molecule has 3 nitrogen and oxygen atoms in total. The van der Waals surface area contributed by atoms with E-state index < -0.39 is 0 Å². The fourth-order valence-corrected chi connectivity index (χ4v) is 2.25. The highest BCUT2D eigenvalue weighted by molar-refractivity contribution is 9.10. The van der Waals surface area contributed by atoms with Crippen LogP contribution in [0.1, 0.15) is 10.4 Å². The van der Waals surface area contributed by atoms with Gasteiger partial charge in [0.1, 0.15) is 0 Å². The molecule has 1 aromatic carbocycles. The number of hydrogen-bond acceptors (Lipinski definition) is 2. The quantitative estimate of drug-likeness (QED) is 0.603. The first kappa shape index (κ1) is 15.0. The zero-order valence-electron chi connectivity index (χ0n) is 9.01. The Bertz CT molecular complexity index is 388. The molecule has 6 heteroatoms. The normalized spacial score (nSPS) is 10.3. The van der Waals surface area contributed by atoms with E-state index >= 15 is 0 Å². The van der Waals surface area contributed by atoms with Crippen molar-refractivity contribution < 1.29 is 9.53 Å². The lowest BCUT2D eigenvalue weighted by atomic mass is 10.2. The number of ether oxygens (including phenoxy) is 1. The average molecular weight is 385 g/mol. The SMILES string of the molecule is O=C(NCCOCCBr)c1ccc(Cl)cc1Br. The molecule has 0 aliphatic heterocycles. The van der Waals surface area contributed by atoms with Crippen molar-refractivity contribution in [2.45, 2.75) is 0 Å². The van der Waals surface area contributed by atoms with Crippen molar-refractivity contribution in [3.05, 3.63) is 33.3 Å². The van der Waals surface area contributed by atoms with Crippen LogP contribution in [0.3, 0.4) is 0 Å². The summed E-state index contributed by atoms with van der Waals surface area (Å²) in [5.74, 6) is -0.143. The van der Waals surface area contributed by atoms with Gasteiger partial charge in [-0.15, -0.1) is 0 Å². The van der Waals surface area contributed by atoms with Crippen molar-refractivity contribution >= 4 is 49.4 Å². The van der Waals surface area contributed by atoms with E-state index in [2.05, 4.69) is 37.2 Å². The van der Waals surface area contributed by atoms with Crippen LogP contribution in [-0.4, -0.2) is 31.0 Å². The fourth-order valence-electron chi connectivity index (χ4n) is 1.16. The van der Waals surface area contributed by atoms with Gasteiger partial charge in [-0.3, -0.25) is 4.79 Å². The summed E-state index contributed by atoms with van der Waals surface area (Å²) in [5, 5.41) is 4.15. The molecule has 0 atom stereocenters. The van der Waals surface area contributed by atoms with Crippen LogP contribution in [0.4, 0.5) is 0 Å². The molecule has 1 aromatic rings. The molecule has 0 unspecified atom stereocenters. The maximum absolute atomic E-state index is 11.8. The van der Waals surface area contributed by atoms with Crippen LogP contribution in [0, 0.1) is 0 Å². The first-order chi connectivity index (χ1) is 8.15. The van der Waals surface area contributed by atoms with Gasteiger partial charge in [-0.1, -0.05) is 27.5 Å². The summed E-state index contributed by atoms with van der Waals surface area (Å²) in [7, 11) is 0. The Balaban J connectivity index is 2.42. The summed E-state index contributed by atoms with van der Waals surface area (Å²) in [6.07, 6.45) is 0. The van der Waals surface area contributed by atoms with Crippen LogP contribution >= 0.6 is 43.5 Å². The second-order valence-electron chi connectivity index (χ2n) is 3.18. The average Bonchev–Trinajstić information content (AvgIpc) is 2.28. The summed E-state index contributed by atoms with van der Waals surface area (Å²) in [4.78, 5) is 11.8. The second-order valence-corrected chi connectivity index (χ2v) is 5.27. The van der Waals surface area contributed by atoms with Crippen LogP contribution in [0.15, 0.2) is 22.7 Å². The molecule has 0 aliphatic rings. The number of hydrogen-bond donors (Lipinski definition) is 1. The molecule has 0 heterocycles. The van der Waals surface area contributed by atoms with Crippen LogP contribution < -0.4 is 5.32 Å². The molecule has 0 radical (unpaired) electrons. The minimum absolute atomic E-state index is 0.143. The van der Waals surface area contributed by atoms with E-state index in [-0.39, 0.29) is 5.91 Å². The van der Waals surface area contributed by atoms with E-state index in [1.807, 2.05) is 0 Å². The lowest BCUT2D eigenvalue weighted by Crippen LogP contribution is -2.27. The predicted molar refractivity (Wildman–Crippen MR) is 76.1 cm³/mol. The number of nitrogens with one attached hydrogen (secondary N) is 1. The first-order valence-electron chi connectivity index (χ1n) is 5.02. The van der Waals surface area contributed by atoms with E-state index in [0.29, 0.717) is 34.8 Å². The summed E-state index contributed by atoms with van der Waals surface area (Å²) >= 11 is 12.3. The Hall–Kier alpha value is -0.100. The van der Waals surface area contributed by atoms with Crippen molar-refractivity contribution in [3.8, 4) is 0 Å². The molecule has 17 heavy (non-hydrogen) atoms. The minimum atomic E-state index is -0.143. The molecule has 0 saturated carbocycles. The van der Waals surface area contributed by atoms with Gasteiger partial charge in [0.05, 0.1) is 18.8 Å². The Morgan fingerprint density at radius 1 is 1.41 bits per heavy atom. The van der Waals surface area contributed by atoms with Crippen LogP contribution in [0.5, 0.6) is 0 Å². The summed E-state index contributed by atoms with van der Waals surface area (Å²) in [5.41, 5.74) is 0.565. The standard InChI is InChI=1S/C11H12Br2ClNO2/c12-3-5-17-6-4-15-11(16)9-2-1-8(14)7-10(9)13/h1-2,7H,3-6H2,(H,15,16). The topological polar surface area (TPSA) is 38.3 Å². The van der Waals surface area contributed by atoms with E-state index in [0.717, 1.165) is 5.33 Å². The van der Waals surface area contributed by atoms with Gasteiger partial charge in [0.25, 0.3) is 5.91 Å². The maximum atomic E-state index is 11.8. The van der Waals surface area contributed by atoms with Gasteiger partial charge in [-0.2, -0.15) is 0 Å². The highest BCUT2D eigenvalue weighted by Gasteiger charge is 2.09. The third-order valence-corrected chi connectivity index (χ3v) is 3.14. The smallest absolute Gasteiger partial charge is 0.252 e. The summed E-state index contributed by atoms with van der Waals surface area (Å²) < 4.78 is 5.91. The number of amides is 1. The lowest BCUT2D eigenvalue weighted by molar-refractivity contribution is 0.0923. The first-order valence-corrected chi connectivity index (χ1v) is 7.31. The van der Waals surface area contributed by atoms with Gasteiger partial charge in [0, 0.05) is 21.4 Å². The molecule has 0 saturated heterocycles. The Kier molecular flexibility index (Phi) is 7.11. The van der Waals surface area contributed by atoms with Crippen molar-refractivity contribution in [2.75, 3.05) is 25.1 Å². The van der Waals surface area contributed by atoms with Gasteiger partial charge in [0.15, 0.2) is 0 Å². The molecule has 1 N–H and O–H groups in total. The second kappa shape index (κ2) is 8.08. The Morgan fingerprint density at radius 3 is 2.82 bits per heavy atom. The summed E-state index contributed by atoms with van der Waals surface area (Å²) in [6.45, 7) is 1.63. The molecule has 0 spiro atoms. The molecule has 1 amide bonds. The molecule has 0 aliphatic carbocycles. The van der Waals surface area contributed by atoms with Gasteiger partial charge >= 0.3 is 0 Å². The largest absolute Gasteiger partial charge is 0.379 e. The number of alkyl halides is 1. The van der Waals surface area contributed by atoms with Crippen molar-refractivity contribution in [1.82, 2.24) is 5.32 Å². The van der Waals surface area contributed by atoms with Crippen LogP contribution in [0.2, 0.25) is 5.02 Å². The highest BCUT2D eigenvalue weighted by Crippen LogP contribution is 2.21. The van der Waals surface area contributed by atoms with Gasteiger partial charge in [0.2, 0.25) is 0 Å². The number of carbonyl (C=O) groups excluding carboxylic acids is 1. The number of halogens is 3. The van der Waals surface area contributed by atoms with Gasteiger partial charge < -0.3 is 10.1 Å². The molecule has 0 fully saturated rings. The van der Waals surface area contributed by atoms with E-state index in [1.165, 1.54) is 0 Å². The van der Waals surface area contributed by atoms with Crippen molar-refractivity contribution in [2.24, 2.45) is 0 Å². The molecule has 0 aromatic heterocycles. The van der Waals surface area contributed by atoms with E-state index in [1.54, 1.807) is 18.2 Å². The molecule has 1 rings (SSSR count). The molecular formula is C11H12Br2ClNO2. The summed E-state index contributed by atoms with van der Waals surface area (Å²) in [6, 6.07) is 5.06. The van der Waals surface area contributed by atoms with E-state index in [9.17, 15) is 4.79 Å². The predicted octanol–water partition coefficient (Wildman–Crippen LogP) is 3.24. The van der Waals surface area contributed by atoms with Gasteiger partial charge in [-0.05, 0) is 34.1 Å². The third-order valence-electron chi connectivity index (χ3n) is 1.93. The monoisotopic (exact) mass is 383 g/mol. The Morgan fingerprint density at radius 2 is 2.18 bits per heavy atom. The zero-order chi connectivity index (χ0) is 12.7. The minimum Gasteiger partial charge on any atom is -0.379 e. The van der Waals surface area contributed by atoms with Crippen molar-refractivity contribution in [3.63, 3.8) is 0 Å². The number of carbonyl (C=O) groups is 1. The third kappa shape index (κ3) is 5.38. The lowest BCUT2D eigenvalue weighted by Gasteiger charge is -2.07. The number of benzene rings is 1. The zero-order valence-corrected chi connectivity index (χ0v) is 12.9. The van der Waals surface area contributed by atoms with Crippen LogP contribution in [0.25, 0.3) is 0 Å². The van der Waals surface area contributed by atoms with Crippen LogP contribution in [-0.2, 0) is 4.74 Å². The van der Waals surface area contributed by atoms with Crippen molar-refractivity contribution in [1.29, 1.82) is 0 Å². The maximum Gasteiger partial charge on any atom is 0.252 e. The molecule has 94 valence electrons. The number of rotatable bonds is 6. The van der Waals surface area contributed by atoms with E-state index in [4.69, 9.17) is 16.3 Å². The molecule has 0 bridgehead atoms. The fraction of sp³-hybridized carbons (Fsp3) is 0.364. The molecular weight excluding hydrogens is 373 g/mol. The van der Waals surface area contributed by atoms with Gasteiger partial charge in [-0.25, -0.2) is 0 Å². The highest BCUT2D eigenvalue weighted by atomic mass is 79.9.